The Morgan fingerprint density at radius 1 is 1.18 bits per heavy atom. The van der Waals surface area contributed by atoms with E-state index in [1.54, 1.807) is 6.20 Å². The van der Waals surface area contributed by atoms with Crippen molar-refractivity contribution in [3.63, 3.8) is 0 Å². The van der Waals surface area contributed by atoms with Crippen molar-refractivity contribution in [3.8, 4) is 11.6 Å². The highest BCUT2D eigenvalue weighted by atomic mass is 16.5. The first-order chi connectivity index (χ1) is 13.6. The highest BCUT2D eigenvalue weighted by Crippen LogP contribution is 2.27. The Morgan fingerprint density at radius 2 is 2.00 bits per heavy atom. The summed E-state index contributed by atoms with van der Waals surface area (Å²) in [4.78, 5) is 25.6. The lowest BCUT2D eigenvalue weighted by atomic mass is 9.96. The van der Waals surface area contributed by atoms with Gasteiger partial charge in [0.1, 0.15) is 5.69 Å². The minimum Gasteiger partial charge on any atom is -0.378 e. The van der Waals surface area contributed by atoms with E-state index in [0.29, 0.717) is 29.5 Å². The third-order valence-electron chi connectivity index (χ3n) is 5.03. The molecule has 0 aliphatic carbocycles. The number of carbonyl (C=O) groups excluding carboxylic acids is 1. The van der Waals surface area contributed by atoms with E-state index in [4.69, 9.17) is 4.52 Å². The molecule has 3 heterocycles. The first-order valence-electron chi connectivity index (χ1n) is 9.43. The fourth-order valence-corrected chi connectivity index (χ4v) is 3.45. The van der Waals surface area contributed by atoms with Gasteiger partial charge in [-0.2, -0.15) is 4.98 Å². The van der Waals surface area contributed by atoms with Gasteiger partial charge in [-0.25, -0.2) is 0 Å². The number of carbonyl (C=O) groups is 1. The van der Waals surface area contributed by atoms with Crippen molar-refractivity contribution in [1.29, 1.82) is 0 Å². The second kappa shape index (κ2) is 7.80. The maximum Gasteiger partial charge on any atom is 0.276 e. The molecule has 2 aromatic heterocycles. The fourth-order valence-electron chi connectivity index (χ4n) is 3.45. The molecule has 0 spiro atoms. The van der Waals surface area contributed by atoms with Gasteiger partial charge in [-0.1, -0.05) is 11.2 Å². The molecule has 1 aliphatic heterocycles. The minimum absolute atomic E-state index is 0.0449. The molecular formula is C21H23N5O2. The van der Waals surface area contributed by atoms with Crippen molar-refractivity contribution in [2.75, 3.05) is 32.1 Å². The van der Waals surface area contributed by atoms with Crippen LogP contribution in [-0.2, 0) is 0 Å². The Bertz CT molecular complexity index is 937. The molecule has 1 amide bonds. The van der Waals surface area contributed by atoms with Crippen LogP contribution in [0.2, 0.25) is 0 Å². The van der Waals surface area contributed by atoms with Crippen LogP contribution < -0.4 is 4.90 Å². The van der Waals surface area contributed by atoms with Gasteiger partial charge in [-0.05, 0) is 49.2 Å². The number of hydrogen-bond donors (Lipinski definition) is 0. The summed E-state index contributed by atoms with van der Waals surface area (Å²) in [5.41, 5.74) is 2.43. The number of pyridine rings is 1. The standard InChI is InChI=1S/C21H23N5O2/c1-25(2)17-10-8-15(9-11-17)21(27)26-13-5-6-16(14-26)19-23-20(28-24-19)18-7-3-4-12-22-18/h3-4,7-12,16H,5-6,13-14H2,1-2H3. The molecule has 1 aliphatic rings. The van der Waals surface area contributed by atoms with Gasteiger partial charge < -0.3 is 14.3 Å². The topological polar surface area (TPSA) is 75.4 Å². The van der Waals surface area contributed by atoms with Crippen molar-refractivity contribution in [2.45, 2.75) is 18.8 Å². The van der Waals surface area contributed by atoms with Gasteiger partial charge in [0.2, 0.25) is 0 Å². The minimum atomic E-state index is 0.0449. The number of likely N-dealkylation sites (tertiary alicyclic amines) is 1. The molecule has 28 heavy (non-hydrogen) atoms. The molecule has 0 radical (unpaired) electrons. The van der Waals surface area contributed by atoms with Crippen molar-refractivity contribution >= 4 is 11.6 Å². The number of benzene rings is 1. The highest BCUT2D eigenvalue weighted by molar-refractivity contribution is 5.94. The predicted molar refractivity (Wildman–Crippen MR) is 106 cm³/mol. The largest absolute Gasteiger partial charge is 0.378 e. The zero-order chi connectivity index (χ0) is 19.5. The molecular weight excluding hydrogens is 354 g/mol. The maximum atomic E-state index is 12.9. The molecule has 1 atom stereocenters. The summed E-state index contributed by atoms with van der Waals surface area (Å²) in [6.45, 7) is 1.34. The fraction of sp³-hybridized carbons (Fsp3) is 0.333. The van der Waals surface area contributed by atoms with Gasteiger partial charge in [-0.15, -0.1) is 0 Å². The van der Waals surface area contributed by atoms with Crippen LogP contribution in [0.4, 0.5) is 5.69 Å². The predicted octanol–water partition coefficient (Wildman–Crippen LogP) is 3.22. The van der Waals surface area contributed by atoms with Crippen LogP contribution in [0.25, 0.3) is 11.6 Å². The molecule has 1 fully saturated rings. The molecule has 7 nitrogen and oxygen atoms in total. The van der Waals surface area contributed by atoms with Crippen molar-refractivity contribution in [2.24, 2.45) is 0 Å². The van der Waals surface area contributed by atoms with Gasteiger partial charge in [0.15, 0.2) is 5.82 Å². The lowest BCUT2D eigenvalue weighted by molar-refractivity contribution is 0.0703. The second-order valence-corrected chi connectivity index (χ2v) is 7.20. The van der Waals surface area contributed by atoms with Gasteiger partial charge in [0, 0.05) is 50.6 Å². The number of amides is 1. The third-order valence-corrected chi connectivity index (χ3v) is 5.03. The molecule has 0 saturated carbocycles. The lowest BCUT2D eigenvalue weighted by Crippen LogP contribution is -2.39. The molecule has 7 heteroatoms. The molecule has 0 bridgehead atoms. The van der Waals surface area contributed by atoms with E-state index in [2.05, 4.69) is 15.1 Å². The number of rotatable bonds is 4. The van der Waals surface area contributed by atoms with Gasteiger partial charge in [0.05, 0.1) is 0 Å². The molecule has 4 rings (SSSR count). The Balaban J connectivity index is 1.47. The quantitative estimate of drug-likeness (QED) is 0.695. The average molecular weight is 377 g/mol. The summed E-state index contributed by atoms with van der Waals surface area (Å²) >= 11 is 0. The maximum absolute atomic E-state index is 12.9. The Morgan fingerprint density at radius 3 is 2.71 bits per heavy atom. The van der Waals surface area contributed by atoms with Crippen LogP contribution in [0.1, 0.15) is 34.9 Å². The molecule has 1 unspecified atom stereocenters. The number of nitrogens with zero attached hydrogens (tertiary/aromatic N) is 5. The summed E-state index contributed by atoms with van der Waals surface area (Å²) < 4.78 is 5.39. The van der Waals surface area contributed by atoms with E-state index in [-0.39, 0.29) is 11.8 Å². The third kappa shape index (κ3) is 3.74. The Kier molecular flexibility index (Phi) is 5.06. The smallest absolute Gasteiger partial charge is 0.276 e. The molecule has 3 aromatic rings. The van der Waals surface area contributed by atoms with E-state index in [0.717, 1.165) is 25.1 Å². The normalized spacial score (nSPS) is 16.8. The van der Waals surface area contributed by atoms with Crippen LogP contribution in [-0.4, -0.2) is 53.1 Å². The van der Waals surface area contributed by atoms with E-state index in [1.165, 1.54) is 0 Å². The van der Waals surface area contributed by atoms with Crippen LogP contribution in [0, 0.1) is 0 Å². The summed E-state index contributed by atoms with van der Waals surface area (Å²) in [6, 6.07) is 13.3. The first-order valence-corrected chi connectivity index (χ1v) is 9.43. The molecule has 0 N–H and O–H groups in total. The second-order valence-electron chi connectivity index (χ2n) is 7.20. The van der Waals surface area contributed by atoms with Gasteiger partial charge in [0.25, 0.3) is 11.8 Å². The van der Waals surface area contributed by atoms with E-state index >= 15 is 0 Å². The summed E-state index contributed by atoms with van der Waals surface area (Å²) in [5, 5.41) is 4.14. The molecule has 1 aromatic carbocycles. The summed E-state index contributed by atoms with van der Waals surface area (Å²) in [6.07, 6.45) is 3.55. The van der Waals surface area contributed by atoms with Gasteiger partial charge in [-0.3, -0.25) is 9.78 Å². The van der Waals surface area contributed by atoms with Crippen molar-refractivity contribution in [3.05, 3.63) is 60.0 Å². The number of hydrogen-bond acceptors (Lipinski definition) is 6. The first kappa shape index (κ1) is 18.2. The van der Waals surface area contributed by atoms with E-state index in [9.17, 15) is 4.79 Å². The van der Waals surface area contributed by atoms with Crippen LogP contribution >= 0.6 is 0 Å². The number of aromatic nitrogens is 3. The lowest BCUT2D eigenvalue weighted by Gasteiger charge is -2.31. The Hall–Kier alpha value is -3.22. The monoisotopic (exact) mass is 377 g/mol. The highest BCUT2D eigenvalue weighted by Gasteiger charge is 2.28. The van der Waals surface area contributed by atoms with Crippen molar-refractivity contribution < 1.29 is 9.32 Å². The Labute approximate surface area is 164 Å². The summed E-state index contributed by atoms with van der Waals surface area (Å²) in [5.74, 6) is 1.17. The molecule has 1 saturated heterocycles. The summed E-state index contributed by atoms with van der Waals surface area (Å²) in [7, 11) is 3.96. The van der Waals surface area contributed by atoms with Crippen LogP contribution in [0.3, 0.4) is 0 Å². The SMILES string of the molecule is CN(C)c1ccc(C(=O)N2CCCC(c3noc(-c4ccccn4)n3)C2)cc1. The van der Waals surface area contributed by atoms with Gasteiger partial charge >= 0.3 is 0 Å². The zero-order valence-corrected chi connectivity index (χ0v) is 16.1. The van der Waals surface area contributed by atoms with Crippen LogP contribution in [0.5, 0.6) is 0 Å². The number of anilines is 1. The van der Waals surface area contributed by atoms with E-state index < -0.39 is 0 Å². The van der Waals surface area contributed by atoms with Crippen LogP contribution in [0.15, 0.2) is 53.2 Å². The van der Waals surface area contributed by atoms with Crippen molar-refractivity contribution in [1.82, 2.24) is 20.0 Å². The zero-order valence-electron chi connectivity index (χ0n) is 16.1. The number of piperidine rings is 1. The van der Waals surface area contributed by atoms with E-state index in [1.807, 2.05) is 66.4 Å². The molecule has 144 valence electrons. The average Bonchev–Trinajstić information content (AvgIpc) is 3.24.